The Labute approximate surface area is 109 Å². The normalized spacial score (nSPS) is 14.4. The van der Waals surface area contributed by atoms with Gasteiger partial charge in [-0.05, 0) is 38.0 Å². The molecule has 0 bridgehead atoms. The summed E-state index contributed by atoms with van der Waals surface area (Å²) in [6.07, 6.45) is 0.765. The van der Waals surface area contributed by atoms with Gasteiger partial charge in [0.1, 0.15) is 0 Å². The van der Waals surface area contributed by atoms with Crippen LogP contribution in [-0.4, -0.2) is 37.1 Å². The van der Waals surface area contributed by atoms with Crippen LogP contribution in [0.1, 0.15) is 19.4 Å². The maximum Gasteiger partial charge on any atom is 0.0780 e. The number of rotatable bonds is 8. The van der Waals surface area contributed by atoms with Gasteiger partial charge in [-0.25, -0.2) is 0 Å². The Balaban J connectivity index is 2.15. The van der Waals surface area contributed by atoms with E-state index in [1.807, 2.05) is 38.1 Å². The van der Waals surface area contributed by atoms with Gasteiger partial charge < -0.3 is 20.3 Å². The van der Waals surface area contributed by atoms with Gasteiger partial charge >= 0.3 is 0 Å². The van der Waals surface area contributed by atoms with Crippen LogP contribution in [0.2, 0.25) is 0 Å². The lowest BCUT2D eigenvalue weighted by Gasteiger charge is -2.16. The molecule has 0 aliphatic rings. The van der Waals surface area contributed by atoms with Crippen LogP contribution in [0, 0.1) is 0 Å². The van der Waals surface area contributed by atoms with Gasteiger partial charge in [0.15, 0.2) is 0 Å². The Morgan fingerprint density at radius 2 is 1.78 bits per heavy atom. The molecule has 2 unspecified atom stereocenters. The first-order valence-electron chi connectivity index (χ1n) is 6.30. The van der Waals surface area contributed by atoms with Gasteiger partial charge in [0.25, 0.3) is 0 Å². The maximum atomic E-state index is 8.82. The molecule has 0 saturated heterocycles. The lowest BCUT2D eigenvalue weighted by molar-refractivity contribution is -0.0446. The van der Waals surface area contributed by atoms with Crippen molar-refractivity contribution in [1.29, 1.82) is 0 Å². The average molecular weight is 253 g/mol. The van der Waals surface area contributed by atoms with Crippen LogP contribution in [0.25, 0.3) is 0 Å². The lowest BCUT2D eigenvalue weighted by Crippen LogP contribution is -2.23. The van der Waals surface area contributed by atoms with Crippen LogP contribution in [0.5, 0.6) is 0 Å². The molecular weight excluding hydrogens is 230 g/mol. The number of hydrogen-bond acceptors (Lipinski definition) is 4. The first-order valence-corrected chi connectivity index (χ1v) is 6.30. The van der Waals surface area contributed by atoms with E-state index < -0.39 is 0 Å². The highest BCUT2D eigenvalue weighted by atomic mass is 16.5. The number of benzene rings is 1. The van der Waals surface area contributed by atoms with Crippen molar-refractivity contribution in [2.45, 2.75) is 32.5 Å². The van der Waals surface area contributed by atoms with E-state index in [4.69, 9.17) is 20.3 Å². The molecular formula is C14H23NO3. The molecule has 1 aromatic rings. The molecule has 102 valence electrons. The predicted molar refractivity (Wildman–Crippen MR) is 72.5 cm³/mol. The fourth-order valence-corrected chi connectivity index (χ4v) is 1.46. The summed E-state index contributed by atoms with van der Waals surface area (Å²) in [5.74, 6) is 0. The van der Waals surface area contributed by atoms with Crippen molar-refractivity contribution in [2.75, 3.05) is 25.6 Å². The van der Waals surface area contributed by atoms with Crippen LogP contribution in [-0.2, 0) is 15.9 Å². The Morgan fingerprint density at radius 3 is 2.39 bits per heavy atom. The Morgan fingerprint density at radius 1 is 1.11 bits per heavy atom. The first kappa shape index (κ1) is 15.0. The molecule has 1 rings (SSSR count). The fraction of sp³-hybridized carbons (Fsp3) is 0.571. The number of anilines is 1. The Hall–Kier alpha value is -1.10. The van der Waals surface area contributed by atoms with Crippen molar-refractivity contribution in [3.8, 4) is 0 Å². The smallest absolute Gasteiger partial charge is 0.0780 e. The van der Waals surface area contributed by atoms with Crippen LogP contribution in [0.3, 0.4) is 0 Å². The van der Waals surface area contributed by atoms with E-state index in [0.29, 0.717) is 13.2 Å². The number of nitrogens with two attached hydrogens (primary N) is 1. The third-order valence-electron chi connectivity index (χ3n) is 2.65. The van der Waals surface area contributed by atoms with Crippen molar-refractivity contribution < 1.29 is 14.6 Å². The van der Waals surface area contributed by atoms with Gasteiger partial charge in [-0.2, -0.15) is 0 Å². The summed E-state index contributed by atoms with van der Waals surface area (Å²) in [5.41, 5.74) is 7.60. The summed E-state index contributed by atoms with van der Waals surface area (Å²) in [7, 11) is 0. The molecule has 18 heavy (non-hydrogen) atoms. The van der Waals surface area contributed by atoms with Crippen molar-refractivity contribution in [3.05, 3.63) is 29.8 Å². The van der Waals surface area contributed by atoms with E-state index in [9.17, 15) is 0 Å². The van der Waals surface area contributed by atoms with E-state index in [1.54, 1.807) is 0 Å². The topological polar surface area (TPSA) is 64.7 Å². The van der Waals surface area contributed by atoms with E-state index in [0.717, 1.165) is 12.1 Å². The summed E-state index contributed by atoms with van der Waals surface area (Å²) in [5, 5.41) is 8.82. The molecule has 3 N–H and O–H groups in total. The zero-order valence-corrected chi connectivity index (χ0v) is 11.1. The quantitative estimate of drug-likeness (QED) is 0.691. The SMILES string of the molecule is CC(CO)OCC(C)OCCc1ccc(N)cc1. The summed E-state index contributed by atoms with van der Waals surface area (Å²) in [6, 6.07) is 7.80. The summed E-state index contributed by atoms with van der Waals surface area (Å²) < 4.78 is 11.0. The second-order valence-electron chi connectivity index (χ2n) is 4.50. The third kappa shape index (κ3) is 6.00. The zero-order valence-electron chi connectivity index (χ0n) is 11.1. The average Bonchev–Trinajstić information content (AvgIpc) is 2.38. The molecule has 0 spiro atoms. The summed E-state index contributed by atoms with van der Waals surface area (Å²) >= 11 is 0. The van der Waals surface area contributed by atoms with Crippen molar-refractivity contribution >= 4 is 5.69 Å². The second-order valence-corrected chi connectivity index (χ2v) is 4.50. The standard InChI is InChI=1S/C14H23NO3/c1-11(9-16)18-10-12(2)17-8-7-13-3-5-14(15)6-4-13/h3-6,11-12,16H,7-10,15H2,1-2H3. The summed E-state index contributed by atoms with van der Waals surface area (Å²) in [6.45, 7) is 5.00. The predicted octanol–water partition coefficient (Wildman–Crippen LogP) is 1.61. The van der Waals surface area contributed by atoms with E-state index in [1.165, 1.54) is 5.56 Å². The molecule has 0 amide bonds. The largest absolute Gasteiger partial charge is 0.399 e. The molecule has 0 aliphatic heterocycles. The Bertz CT molecular complexity index is 326. The highest BCUT2D eigenvalue weighted by Crippen LogP contribution is 2.06. The highest BCUT2D eigenvalue weighted by Gasteiger charge is 2.06. The molecule has 0 heterocycles. The minimum Gasteiger partial charge on any atom is -0.399 e. The van der Waals surface area contributed by atoms with Gasteiger partial charge in [-0.15, -0.1) is 0 Å². The molecule has 0 aliphatic carbocycles. The molecule has 0 fully saturated rings. The van der Waals surface area contributed by atoms with Gasteiger partial charge in [0, 0.05) is 5.69 Å². The van der Waals surface area contributed by atoms with E-state index in [-0.39, 0.29) is 18.8 Å². The monoisotopic (exact) mass is 253 g/mol. The molecule has 0 saturated carbocycles. The number of hydrogen-bond donors (Lipinski definition) is 2. The van der Waals surface area contributed by atoms with Crippen molar-refractivity contribution in [3.63, 3.8) is 0 Å². The minimum atomic E-state index is -0.131. The van der Waals surface area contributed by atoms with Gasteiger partial charge in [-0.3, -0.25) is 0 Å². The minimum absolute atomic E-state index is 0.0350. The van der Waals surface area contributed by atoms with E-state index >= 15 is 0 Å². The fourth-order valence-electron chi connectivity index (χ4n) is 1.46. The number of nitrogen functional groups attached to an aromatic ring is 1. The van der Waals surface area contributed by atoms with Gasteiger partial charge in [0.05, 0.1) is 32.0 Å². The summed E-state index contributed by atoms with van der Waals surface area (Å²) in [4.78, 5) is 0. The first-order chi connectivity index (χ1) is 8.61. The van der Waals surface area contributed by atoms with Crippen LogP contribution < -0.4 is 5.73 Å². The van der Waals surface area contributed by atoms with Gasteiger partial charge in [0.2, 0.25) is 0 Å². The van der Waals surface area contributed by atoms with Gasteiger partial charge in [-0.1, -0.05) is 12.1 Å². The van der Waals surface area contributed by atoms with Crippen molar-refractivity contribution in [1.82, 2.24) is 0 Å². The molecule has 0 aromatic heterocycles. The van der Waals surface area contributed by atoms with E-state index in [2.05, 4.69) is 0 Å². The highest BCUT2D eigenvalue weighted by molar-refractivity contribution is 5.39. The number of ether oxygens (including phenoxy) is 2. The number of aliphatic hydroxyl groups excluding tert-OH is 1. The Kier molecular flexibility index (Phi) is 6.72. The second kappa shape index (κ2) is 8.08. The van der Waals surface area contributed by atoms with Crippen LogP contribution in [0.15, 0.2) is 24.3 Å². The maximum absolute atomic E-state index is 8.82. The molecule has 0 radical (unpaired) electrons. The lowest BCUT2D eigenvalue weighted by atomic mass is 10.1. The zero-order chi connectivity index (χ0) is 13.4. The molecule has 2 atom stereocenters. The third-order valence-corrected chi connectivity index (χ3v) is 2.65. The van der Waals surface area contributed by atoms with Crippen LogP contribution >= 0.6 is 0 Å². The molecule has 4 nitrogen and oxygen atoms in total. The number of aliphatic hydroxyl groups is 1. The molecule has 4 heteroatoms. The molecule has 1 aromatic carbocycles. The van der Waals surface area contributed by atoms with Crippen LogP contribution in [0.4, 0.5) is 5.69 Å². The van der Waals surface area contributed by atoms with Crippen molar-refractivity contribution in [2.24, 2.45) is 0 Å².